The first kappa shape index (κ1) is 14.3. The molecular weight excluding hydrogens is 276 g/mol. The van der Waals surface area contributed by atoms with Crippen LogP contribution in [0.2, 0.25) is 5.02 Å². The monoisotopic (exact) mass is 290 g/mol. The zero-order valence-corrected chi connectivity index (χ0v) is 12.0. The summed E-state index contributed by atoms with van der Waals surface area (Å²) in [6, 6.07) is 7.35. The van der Waals surface area contributed by atoms with Gasteiger partial charge in [-0.25, -0.2) is 0 Å². The van der Waals surface area contributed by atoms with Crippen molar-refractivity contribution in [1.82, 2.24) is 10.2 Å². The summed E-state index contributed by atoms with van der Waals surface area (Å²) in [6.45, 7) is 3.94. The quantitative estimate of drug-likeness (QED) is 0.669. The molecule has 0 bridgehead atoms. The number of hydrogen-bond acceptors (Lipinski definition) is 4. The third kappa shape index (κ3) is 3.05. The van der Waals surface area contributed by atoms with Gasteiger partial charge in [0.2, 0.25) is 5.88 Å². The van der Waals surface area contributed by atoms with Crippen LogP contribution < -0.4 is 10.5 Å². The van der Waals surface area contributed by atoms with Gasteiger partial charge in [-0.2, -0.15) is 5.10 Å². The lowest BCUT2D eigenvalue weighted by Crippen LogP contribution is -2.17. The summed E-state index contributed by atoms with van der Waals surface area (Å²) in [4.78, 5) is 0. The van der Waals surface area contributed by atoms with Crippen molar-refractivity contribution in [2.75, 3.05) is 0 Å². The molecule has 0 aliphatic heterocycles. The van der Waals surface area contributed by atoms with E-state index in [2.05, 4.69) is 10.2 Å². The molecule has 0 unspecified atom stereocenters. The fourth-order valence-corrected chi connectivity index (χ4v) is 2.00. The van der Waals surface area contributed by atoms with E-state index in [0.717, 1.165) is 16.8 Å². The minimum absolute atomic E-state index is 0.0819. The normalized spacial score (nSPS) is 10.3. The maximum Gasteiger partial charge on any atom is 0.245 e. The van der Waals surface area contributed by atoms with Crippen LogP contribution in [0.3, 0.4) is 0 Å². The smallest absolute Gasteiger partial charge is 0.245 e. The number of amidine groups is 1. The highest BCUT2D eigenvalue weighted by molar-refractivity contribution is 6.30. The lowest BCUT2D eigenvalue weighted by molar-refractivity contribution is 0.289. The van der Waals surface area contributed by atoms with Crippen LogP contribution in [0.4, 0.5) is 0 Å². The molecule has 6 heteroatoms. The first-order valence-electron chi connectivity index (χ1n) is 6.04. The van der Waals surface area contributed by atoms with Crippen LogP contribution in [0.15, 0.2) is 24.3 Å². The van der Waals surface area contributed by atoms with Gasteiger partial charge in [0.15, 0.2) is 0 Å². The zero-order valence-electron chi connectivity index (χ0n) is 11.3. The summed E-state index contributed by atoms with van der Waals surface area (Å²) in [7, 11) is 0. The standard InChI is InChI=1S/C14H15ClN4O/c1-8-9(2)18-19-14(12(8)13(16)17)20-7-10-4-3-5-11(15)6-10/h3-6H,7H2,1-2H3,(H3,16,17). The minimum atomic E-state index is -0.0819. The van der Waals surface area contributed by atoms with Gasteiger partial charge in [0.05, 0.1) is 11.3 Å². The van der Waals surface area contributed by atoms with Crippen molar-refractivity contribution in [3.8, 4) is 5.88 Å². The Bertz CT molecular complexity index is 658. The third-order valence-corrected chi connectivity index (χ3v) is 3.19. The summed E-state index contributed by atoms with van der Waals surface area (Å²) in [5, 5.41) is 16.3. The molecule has 2 aromatic rings. The molecule has 5 nitrogen and oxygen atoms in total. The molecule has 0 spiro atoms. The number of ether oxygens (including phenoxy) is 1. The van der Waals surface area contributed by atoms with E-state index < -0.39 is 0 Å². The molecule has 0 aliphatic rings. The van der Waals surface area contributed by atoms with Crippen LogP contribution in [0, 0.1) is 19.3 Å². The van der Waals surface area contributed by atoms with E-state index in [1.54, 1.807) is 6.07 Å². The van der Waals surface area contributed by atoms with E-state index in [-0.39, 0.29) is 18.3 Å². The highest BCUT2D eigenvalue weighted by Crippen LogP contribution is 2.21. The predicted molar refractivity (Wildman–Crippen MR) is 78.3 cm³/mol. The highest BCUT2D eigenvalue weighted by atomic mass is 35.5. The van der Waals surface area contributed by atoms with Crippen LogP contribution >= 0.6 is 11.6 Å². The summed E-state index contributed by atoms with van der Waals surface area (Å²) in [6.07, 6.45) is 0. The van der Waals surface area contributed by atoms with E-state index in [9.17, 15) is 0 Å². The second-order valence-corrected chi connectivity index (χ2v) is 4.86. The van der Waals surface area contributed by atoms with Gasteiger partial charge in [-0.15, -0.1) is 5.10 Å². The number of hydrogen-bond donors (Lipinski definition) is 2. The molecule has 0 amide bonds. The van der Waals surface area contributed by atoms with Gasteiger partial charge < -0.3 is 10.5 Å². The van der Waals surface area contributed by atoms with Crippen LogP contribution in [-0.2, 0) is 6.61 Å². The van der Waals surface area contributed by atoms with Gasteiger partial charge in [0.1, 0.15) is 12.4 Å². The van der Waals surface area contributed by atoms with Crippen molar-refractivity contribution >= 4 is 17.4 Å². The Morgan fingerprint density at radius 3 is 2.75 bits per heavy atom. The largest absolute Gasteiger partial charge is 0.471 e. The van der Waals surface area contributed by atoms with Gasteiger partial charge in [0.25, 0.3) is 0 Å². The van der Waals surface area contributed by atoms with E-state index in [0.29, 0.717) is 10.6 Å². The Kier molecular flexibility index (Phi) is 4.20. The lowest BCUT2D eigenvalue weighted by atomic mass is 10.1. The van der Waals surface area contributed by atoms with Crippen molar-refractivity contribution < 1.29 is 4.74 Å². The number of nitrogen functional groups attached to an aromatic ring is 1. The number of halogens is 1. The zero-order chi connectivity index (χ0) is 14.7. The van der Waals surface area contributed by atoms with Crippen LogP contribution in [-0.4, -0.2) is 16.0 Å². The van der Waals surface area contributed by atoms with E-state index in [1.807, 2.05) is 32.0 Å². The highest BCUT2D eigenvalue weighted by Gasteiger charge is 2.15. The van der Waals surface area contributed by atoms with Gasteiger partial charge in [-0.05, 0) is 37.1 Å². The van der Waals surface area contributed by atoms with Crippen molar-refractivity contribution in [2.24, 2.45) is 5.73 Å². The molecule has 0 atom stereocenters. The molecule has 0 saturated heterocycles. The van der Waals surface area contributed by atoms with Crippen molar-refractivity contribution in [3.05, 3.63) is 51.7 Å². The average Bonchev–Trinajstić information content (AvgIpc) is 2.39. The Hall–Kier alpha value is -2.14. The third-order valence-electron chi connectivity index (χ3n) is 2.96. The molecule has 0 saturated carbocycles. The Labute approximate surface area is 122 Å². The van der Waals surface area contributed by atoms with E-state index in [1.165, 1.54) is 0 Å². The SMILES string of the molecule is Cc1nnc(OCc2cccc(Cl)c2)c(C(=N)N)c1C. The fourth-order valence-electron chi connectivity index (χ4n) is 1.78. The van der Waals surface area contributed by atoms with Crippen molar-refractivity contribution in [1.29, 1.82) is 5.41 Å². The second kappa shape index (κ2) is 5.88. The van der Waals surface area contributed by atoms with Crippen molar-refractivity contribution in [2.45, 2.75) is 20.5 Å². The Balaban J connectivity index is 2.26. The summed E-state index contributed by atoms with van der Waals surface area (Å²) >= 11 is 5.92. The molecule has 104 valence electrons. The molecular formula is C14H15ClN4O. The number of rotatable bonds is 4. The number of aromatic nitrogens is 2. The minimum Gasteiger partial charge on any atom is -0.471 e. The van der Waals surface area contributed by atoms with E-state index in [4.69, 9.17) is 27.5 Å². The first-order chi connectivity index (χ1) is 9.49. The maximum atomic E-state index is 7.64. The number of nitrogens with one attached hydrogen (secondary N) is 1. The van der Waals surface area contributed by atoms with Crippen LogP contribution in [0.25, 0.3) is 0 Å². The summed E-state index contributed by atoms with van der Waals surface area (Å²) in [5.41, 5.74) is 8.51. The van der Waals surface area contributed by atoms with E-state index >= 15 is 0 Å². The summed E-state index contributed by atoms with van der Waals surface area (Å²) < 4.78 is 5.62. The second-order valence-electron chi connectivity index (χ2n) is 4.42. The molecule has 2 rings (SSSR count). The lowest BCUT2D eigenvalue weighted by Gasteiger charge is -2.12. The van der Waals surface area contributed by atoms with Gasteiger partial charge in [0, 0.05) is 5.02 Å². The van der Waals surface area contributed by atoms with Crippen molar-refractivity contribution in [3.63, 3.8) is 0 Å². The topological polar surface area (TPSA) is 84.9 Å². The number of benzene rings is 1. The molecule has 0 radical (unpaired) electrons. The Morgan fingerprint density at radius 1 is 1.35 bits per heavy atom. The molecule has 1 heterocycles. The average molecular weight is 291 g/mol. The van der Waals surface area contributed by atoms with Gasteiger partial charge in [-0.3, -0.25) is 5.41 Å². The van der Waals surface area contributed by atoms with Gasteiger partial charge in [-0.1, -0.05) is 23.7 Å². The fraction of sp³-hybridized carbons (Fsp3) is 0.214. The predicted octanol–water partition coefficient (Wildman–Crippen LogP) is 2.61. The van der Waals surface area contributed by atoms with Gasteiger partial charge >= 0.3 is 0 Å². The molecule has 0 fully saturated rings. The molecule has 0 aliphatic carbocycles. The number of nitrogens with zero attached hydrogens (tertiary/aromatic N) is 2. The molecule has 1 aromatic heterocycles. The first-order valence-corrected chi connectivity index (χ1v) is 6.42. The Morgan fingerprint density at radius 2 is 2.10 bits per heavy atom. The number of aryl methyl sites for hydroxylation is 1. The molecule has 20 heavy (non-hydrogen) atoms. The van der Waals surface area contributed by atoms with Crippen LogP contribution in [0.5, 0.6) is 5.88 Å². The molecule has 3 N–H and O–H groups in total. The summed E-state index contributed by atoms with van der Waals surface area (Å²) in [5.74, 6) is 0.183. The van der Waals surface area contributed by atoms with Crippen LogP contribution in [0.1, 0.15) is 22.4 Å². The number of nitrogens with two attached hydrogens (primary N) is 1. The molecule has 1 aromatic carbocycles. The maximum absolute atomic E-state index is 7.64.